The zero-order valence-electron chi connectivity index (χ0n) is 9.48. The molecule has 2 nitrogen and oxygen atoms in total. The number of ether oxygens (including phenoxy) is 1. The Morgan fingerprint density at radius 3 is 3.31 bits per heavy atom. The van der Waals surface area contributed by atoms with Crippen molar-refractivity contribution in [3.63, 3.8) is 0 Å². The van der Waals surface area contributed by atoms with Gasteiger partial charge in [0.1, 0.15) is 0 Å². The molecule has 1 fully saturated rings. The van der Waals surface area contributed by atoms with E-state index in [-0.39, 0.29) is 0 Å². The van der Waals surface area contributed by atoms with Crippen LogP contribution in [0.5, 0.6) is 0 Å². The van der Waals surface area contributed by atoms with Gasteiger partial charge in [-0.3, -0.25) is 0 Å². The molecule has 0 radical (unpaired) electrons. The summed E-state index contributed by atoms with van der Waals surface area (Å²) in [5.74, 6) is 2.35. The molecule has 1 atom stereocenters. The molecule has 16 heavy (non-hydrogen) atoms. The summed E-state index contributed by atoms with van der Waals surface area (Å²) in [7, 11) is 0. The van der Waals surface area contributed by atoms with Crippen molar-refractivity contribution in [1.82, 2.24) is 5.32 Å². The van der Waals surface area contributed by atoms with Gasteiger partial charge in [0.05, 0.1) is 6.10 Å². The van der Waals surface area contributed by atoms with Crippen molar-refractivity contribution in [1.29, 1.82) is 0 Å². The third kappa shape index (κ3) is 4.45. The minimum atomic E-state index is 0.530. The Labute approximate surface area is 106 Å². The van der Waals surface area contributed by atoms with Gasteiger partial charge in [0.15, 0.2) is 0 Å². The van der Waals surface area contributed by atoms with E-state index in [1.807, 2.05) is 23.1 Å². The number of thiophene rings is 1. The van der Waals surface area contributed by atoms with Gasteiger partial charge in [-0.05, 0) is 24.3 Å². The molecule has 0 saturated carbocycles. The van der Waals surface area contributed by atoms with E-state index in [9.17, 15) is 0 Å². The average molecular weight is 257 g/mol. The fraction of sp³-hybridized carbons (Fsp3) is 0.667. The van der Waals surface area contributed by atoms with Gasteiger partial charge in [-0.1, -0.05) is 6.07 Å². The van der Waals surface area contributed by atoms with Crippen molar-refractivity contribution in [2.24, 2.45) is 0 Å². The van der Waals surface area contributed by atoms with Crippen LogP contribution in [0.2, 0.25) is 0 Å². The van der Waals surface area contributed by atoms with E-state index >= 15 is 0 Å². The van der Waals surface area contributed by atoms with Gasteiger partial charge in [0.2, 0.25) is 0 Å². The number of nitrogens with one attached hydrogen (secondary N) is 1. The number of hydrogen-bond donors (Lipinski definition) is 1. The Morgan fingerprint density at radius 2 is 2.56 bits per heavy atom. The molecule has 4 heteroatoms. The maximum Gasteiger partial charge on any atom is 0.0666 e. The SMILES string of the molecule is c1csc(CNCCSCC2CCCO2)c1. The second-order valence-corrected chi connectivity index (χ2v) is 6.15. The van der Waals surface area contributed by atoms with Crippen LogP contribution in [0.3, 0.4) is 0 Å². The molecule has 1 aromatic heterocycles. The monoisotopic (exact) mass is 257 g/mol. The second-order valence-electron chi connectivity index (χ2n) is 3.97. The van der Waals surface area contributed by atoms with Gasteiger partial charge >= 0.3 is 0 Å². The highest BCUT2D eigenvalue weighted by Crippen LogP contribution is 2.16. The van der Waals surface area contributed by atoms with Crippen molar-refractivity contribution >= 4 is 23.1 Å². The third-order valence-corrected chi connectivity index (χ3v) is 4.61. The van der Waals surface area contributed by atoms with Crippen LogP contribution in [0.25, 0.3) is 0 Å². The molecule has 0 bridgehead atoms. The summed E-state index contributed by atoms with van der Waals surface area (Å²) < 4.78 is 5.58. The predicted octanol–water partition coefficient (Wildman–Crippen LogP) is 2.75. The van der Waals surface area contributed by atoms with Gasteiger partial charge in [-0.15, -0.1) is 11.3 Å². The molecule has 1 unspecified atom stereocenters. The molecule has 2 rings (SSSR count). The van der Waals surface area contributed by atoms with Crippen molar-refractivity contribution in [3.8, 4) is 0 Å². The highest BCUT2D eigenvalue weighted by atomic mass is 32.2. The number of thioether (sulfide) groups is 1. The van der Waals surface area contributed by atoms with E-state index in [4.69, 9.17) is 4.74 Å². The lowest BCUT2D eigenvalue weighted by atomic mass is 10.3. The molecular weight excluding hydrogens is 238 g/mol. The summed E-state index contributed by atoms with van der Waals surface area (Å²) in [6.07, 6.45) is 3.04. The number of rotatable bonds is 7. The molecule has 0 aromatic carbocycles. The first kappa shape index (κ1) is 12.4. The van der Waals surface area contributed by atoms with Crippen LogP contribution in [0.4, 0.5) is 0 Å². The van der Waals surface area contributed by atoms with Gasteiger partial charge in [0, 0.05) is 36.1 Å². The molecule has 0 spiro atoms. The molecule has 2 heterocycles. The minimum absolute atomic E-state index is 0.530. The van der Waals surface area contributed by atoms with Gasteiger partial charge in [0.25, 0.3) is 0 Å². The zero-order valence-corrected chi connectivity index (χ0v) is 11.1. The van der Waals surface area contributed by atoms with Gasteiger partial charge in [-0.2, -0.15) is 11.8 Å². The third-order valence-electron chi connectivity index (χ3n) is 2.63. The van der Waals surface area contributed by atoms with Crippen LogP contribution < -0.4 is 5.32 Å². The first-order chi connectivity index (χ1) is 7.95. The second kappa shape index (κ2) is 7.33. The Morgan fingerprint density at radius 1 is 1.56 bits per heavy atom. The standard InChI is InChI=1S/C12H19NOS2/c1-3-11(14-6-1)10-15-8-5-13-9-12-4-2-7-16-12/h2,4,7,11,13H,1,3,5-6,8-10H2. The average Bonchev–Trinajstić information content (AvgIpc) is 2.96. The summed E-state index contributed by atoms with van der Waals surface area (Å²) in [5, 5.41) is 5.59. The van der Waals surface area contributed by atoms with Crippen LogP contribution in [0.1, 0.15) is 17.7 Å². The molecule has 1 N–H and O–H groups in total. The van der Waals surface area contributed by atoms with E-state index in [0.717, 1.165) is 19.7 Å². The quantitative estimate of drug-likeness (QED) is 0.759. The molecule has 1 aliphatic heterocycles. The van der Waals surface area contributed by atoms with Gasteiger partial charge in [-0.25, -0.2) is 0 Å². The Hall–Kier alpha value is -0.0300. The van der Waals surface area contributed by atoms with E-state index in [0.29, 0.717) is 6.10 Å². The lowest BCUT2D eigenvalue weighted by Gasteiger charge is -2.08. The Bertz CT molecular complexity index is 271. The predicted molar refractivity (Wildman–Crippen MR) is 72.3 cm³/mol. The van der Waals surface area contributed by atoms with Crippen molar-refractivity contribution in [2.45, 2.75) is 25.5 Å². The normalized spacial score (nSPS) is 20.4. The van der Waals surface area contributed by atoms with Gasteiger partial charge < -0.3 is 10.1 Å². The fourth-order valence-corrected chi connectivity index (χ4v) is 3.42. The van der Waals surface area contributed by atoms with Crippen LogP contribution in [0.15, 0.2) is 17.5 Å². The smallest absolute Gasteiger partial charge is 0.0666 e. The molecule has 0 amide bonds. The topological polar surface area (TPSA) is 21.3 Å². The zero-order chi connectivity index (χ0) is 11.1. The highest BCUT2D eigenvalue weighted by Gasteiger charge is 2.14. The van der Waals surface area contributed by atoms with Crippen LogP contribution >= 0.6 is 23.1 Å². The number of hydrogen-bond acceptors (Lipinski definition) is 4. The maximum atomic E-state index is 5.58. The lowest BCUT2D eigenvalue weighted by Crippen LogP contribution is -2.17. The molecule has 1 aliphatic rings. The minimum Gasteiger partial charge on any atom is -0.377 e. The van der Waals surface area contributed by atoms with E-state index in [1.165, 1.54) is 29.2 Å². The molecular formula is C12H19NOS2. The lowest BCUT2D eigenvalue weighted by molar-refractivity contribution is 0.129. The summed E-state index contributed by atoms with van der Waals surface area (Å²) in [6.45, 7) is 3.08. The fourth-order valence-electron chi connectivity index (χ4n) is 1.76. The Balaban J connectivity index is 1.43. The summed E-state index contributed by atoms with van der Waals surface area (Å²) in [4.78, 5) is 1.42. The first-order valence-corrected chi connectivity index (χ1v) is 7.91. The molecule has 1 aromatic rings. The first-order valence-electron chi connectivity index (χ1n) is 5.87. The van der Waals surface area contributed by atoms with Crippen molar-refractivity contribution in [3.05, 3.63) is 22.4 Å². The maximum absolute atomic E-state index is 5.58. The van der Waals surface area contributed by atoms with Crippen LogP contribution in [-0.2, 0) is 11.3 Å². The van der Waals surface area contributed by atoms with E-state index < -0.39 is 0 Å². The Kier molecular flexibility index (Phi) is 5.69. The van der Waals surface area contributed by atoms with Crippen LogP contribution in [-0.4, -0.2) is 30.8 Å². The highest BCUT2D eigenvalue weighted by molar-refractivity contribution is 7.99. The van der Waals surface area contributed by atoms with Crippen molar-refractivity contribution < 1.29 is 4.74 Å². The molecule has 1 saturated heterocycles. The van der Waals surface area contributed by atoms with E-state index in [2.05, 4.69) is 22.8 Å². The summed E-state index contributed by atoms with van der Waals surface area (Å²) in [5.41, 5.74) is 0. The summed E-state index contributed by atoms with van der Waals surface area (Å²) >= 11 is 3.82. The van der Waals surface area contributed by atoms with Crippen LogP contribution in [0, 0.1) is 0 Å². The summed E-state index contributed by atoms with van der Waals surface area (Å²) in [6, 6.07) is 4.28. The van der Waals surface area contributed by atoms with E-state index in [1.54, 1.807) is 0 Å². The van der Waals surface area contributed by atoms with Crippen molar-refractivity contribution in [2.75, 3.05) is 24.7 Å². The molecule has 0 aliphatic carbocycles. The molecule has 90 valence electrons. The largest absolute Gasteiger partial charge is 0.377 e.